The summed E-state index contributed by atoms with van der Waals surface area (Å²) in [5.74, 6) is 0.158. The number of nitrogens with one attached hydrogen (secondary N) is 1. The van der Waals surface area contributed by atoms with Crippen LogP contribution in [0.2, 0.25) is 0 Å². The molecule has 6 nitrogen and oxygen atoms in total. The van der Waals surface area contributed by atoms with Crippen molar-refractivity contribution < 1.29 is 23.8 Å². The quantitative estimate of drug-likeness (QED) is 0.707. The number of hydrogen-bond acceptors (Lipinski definition) is 5. The van der Waals surface area contributed by atoms with Crippen LogP contribution < -0.4 is 14.8 Å². The van der Waals surface area contributed by atoms with Crippen LogP contribution in [-0.2, 0) is 9.53 Å². The summed E-state index contributed by atoms with van der Waals surface area (Å²) in [6.07, 6.45) is 0.816. The van der Waals surface area contributed by atoms with Gasteiger partial charge in [-0.25, -0.2) is 4.79 Å². The number of carbonyl (C=O) groups is 2. The third kappa shape index (κ3) is 6.18. The van der Waals surface area contributed by atoms with Gasteiger partial charge in [0.1, 0.15) is 0 Å². The Morgan fingerprint density at radius 2 is 1.74 bits per heavy atom. The lowest BCUT2D eigenvalue weighted by atomic mass is 10.2. The van der Waals surface area contributed by atoms with Crippen molar-refractivity contribution in [3.8, 4) is 11.5 Å². The molecule has 0 radical (unpaired) electrons. The van der Waals surface area contributed by atoms with Crippen molar-refractivity contribution in [2.75, 3.05) is 19.8 Å². The van der Waals surface area contributed by atoms with Crippen LogP contribution in [0.3, 0.4) is 0 Å². The molecule has 128 valence electrons. The first-order valence-corrected chi connectivity index (χ1v) is 7.87. The molecule has 0 aliphatic carbocycles. The minimum atomic E-state index is -0.576. The van der Waals surface area contributed by atoms with Gasteiger partial charge in [0.05, 0.1) is 18.8 Å². The van der Waals surface area contributed by atoms with E-state index < -0.39 is 5.97 Å². The molecule has 0 aliphatic rings. The summed E-state index contributed by atoms with van der Waals surface area (Å²) in [5.41, 5.74) is 0.313. The molecule has 1 amide bonds. The highest BCUT2D eigenvalue weighted by atomic mass is 16.5. The van der Waals surface area contributed by atoms with Crippen molar-refractivity contribution in [1.82, 2.24) is 5.32 Å². The highest BCUT2D eigenvalue weighted by molar-refractivity contribution is 5.92. The summed E-state index contributed by atoms with van der Waals surface area (Å²) in [6, 6.07) is 4.85. The second-order valence-corrected chi connectivity index (χ2v) is 4.98. The summed E-state index contributed by atoms with van der Waals surface area (Å²) in [5, 5.41) is 2.73. The standard InChI is InChI=1S/C17H25NO5/c1-5-12(4)18-16(19)11-23-17(20)13-8-9-14(21-6-2)15(10-13)22-7-3/h8-10,12H,5-7,11H2,1-4H3,(H,18,19)/t12-/m1/s1. The van der Waals surface area contributed by atoms with Gasteiger partial charge in [-0.05, 0) is 45.4 Å². The molecule has 0 spiro atoms. The van der Waals surface area contributed by atoms with Crippen LogP contribution in [-0.4, -0.2) is 37.7 Å². The molecule has 1 atom stereocenters. The Bertz CT molecular complexity index is 530. The molecule has 0 bridgehead atoms. The maximum atomic E-state index is 12.0. The number of carbonyl (C=O) groups excluding carboxylic acids is 2. The topological polar surface area (TPSA) is 73.9 Å². The lowest BCUT2D eigenvalue weighted by molar-refractivity contribution is -0.124. The van der Waals surface area contributed by atoms with Crippen molar-refractivity contribution >= 4 is 11.9 Å². The van der Waals surface area contributed by atoms with Crippen LogP contribution >= 0.6 is 0 Å². The molecule has 0 saturated carbocycles. The molecule has 0 aromatic heterocycles. The number of benzene rings is 1. The predicted octanol–water partition coefficient (Wildman–Crippen LogP) is 2.56. The Balaban J connectivity index is 2.68. The normalized spacial score (nSPS) is 11.5. The van der Waals surface area contributed by atoms with Crippen LogP contribution in [0.1, 0.15) is 44.5 Å². The van der Waals surface area contributed by atoms with Crippen molar-refractivity contribution in [2.24, 2.45) is 0 Å². The number of ether oxygens (including phenoxy) is 3. The molecular weight excluding hydrogens is 298 g/mol. The van der Waals surface area contributed by atoms with Gasteiger partial charge >= 0.3 is 5.97 Å². The van der Waals surface area contributed by atoms with Gasteiger partial charge < -0.3 is 19.5 Å². The predicted molar refractivity (Wildman–Crippen MR) is 87.0 cm³/mol. The van der Waals surface area contributed by atoms with Gasteiger partial charge in [0.2, 0.25) is 0 Å². The molecule has 0 unspecified atom stereocenters. The van der Waals surface area contributed by atoms with E-state index in [1.54, 1.807) is 18.2 Å². The fourth-order valence-electron chi connectivity index (χ4n) is 1.81. The third-order valence-corrected chi connectivity index (χ3v) is 3.13. The van der Waals surface area contributed by atoms with Gasteiger partial charge in [0.25, 0.3) is 5.91 Å². The summed E-state index contributed by atoms with van der Waals surface area (Å²) in [7, 11) is 0. The first kappa shape index (κ1) is 18.8. The zero-order valence-electron chi connectivity index (χ0n) is 14.2. The van der Waals surface area contributed by atoms with E-state index in [0.717, 1.165) is 6.42 Å². The fraction of sp³-hybridized carbons (Fsp3) is 0.529. The smallest absolute Gasteiger partial charge is 0.338 e. The van der Waals surface area contributed by atoms with E-state index in [1.165, 1.54) is 0 Å². The highest BCUT2D eigenvalue weighted by Crippen LogP contribution is 2.28. The number of esters is 1. The zero-order valence-corrected chi connectivity index (χ0v) is 14.2. The van der Waals surface area contributed by atoms with Crippen LogP contribution in [0.5, 0.6) is 11.5 Å². The van der Waals surface area contributed by atoms with Gasteiger partial charge in [0.15, 0.2) is 18.1 Å². The largest absolute Gasteiger partial charge is 0.490 e. The van der Waals surface area contributed by atoms with Crippen molar-refractivity contribution in [3.63, 3.8) is 0 Å². The van der Waals surface area contributed by atoms with Crippen LogP contribution in [0, 0.1) is 0 Å². The minimum Gasteiger partial charge on any atom is -0.490 e. The first-order chi connectivity index (χ1) is 11.0. The summed E-state index contributed by atoms with van der Waals surface area (Å²) in [4.78, 5) is 23.7. The maximum absolute atomic E-state index is 12.0. The van der Waals surface area contributed by atoms with Crippen molar-refractivity contribution in [3.05, 3.63) is 23.8 Å². The second-order valence-electron chi connectivity index (χ2n) is 4.98. The minimum absolute atomic E-state index is 0.0521. The summed E-state index contributed by atoms with van der Waals surface area (Å²) >= 11 is 0. The average Bonchev–Trinajstić information content (AvgIpc) is 2.54. The van der Waals surface area contributed by atoms with Gasteiger partial charge in [-0.2, -0.15) is 0 Å². The van der Waals surface area contributed by atoms with Crippen LogP contribution in [0.4, 0.5) is 0 Å². The lowest BCUT2D eigenvalue weighted by Gasteiger charge is -2.13. The van der Waals surface area contributed by atoms with E-state index in [0.29, 0.717) is 30.3 Å². The first-order valence-electron chi connectivity index (χ1n) is 7.87. The van der Waals surface area contributed by atoms with Crippen molar-refractivity contribution in [1.29, 1.82) is 0 Å². The molecule has 1 rings (SSSR count). The Hall–Kier alpha value is -2.24. The van der Waals surface area contributed by atoms with E-state index in [4.69, 9.17) is 14.2 Å². The Morgan fingerprint density at radius 1 is 1.09 bits per heavy atom. The lowest BCUT2D eigenvalue weighted by Crippen LogP contribution is -2.35. The maximum Gasteiger partial charge on any atom is 0.338 e. The van der Waals surface area contributed by atoms with E-state index in [-0.39, 0.29) is 18.6 Å². The molecule has 0 aliphatic heterocycles. The number of hydrogen-bond donors (Lipinski definition) is 1. The molecular formula is C17H25NO5. The zero-order chi connectivity index (χ0) is 17.2. The highest BCUT2D eigenvalue weighted by Gasteiger charge is 2.14. The molecule has 0 saturated heterocycles. The summed E-state index contributed by atoms with van der Waals surface area (Å²) < 4.78 is 15.9. The molecule has 6 heteroatoms. The molecule has 0 heterocycles. The van der Waals surface area contributed by atoms with Crippen molar-refractivity contribution in [2.45, 2.75) is 40.2 Å². The Labute approximate surface area is 137 Å². The van der Waals surface area contributed by atoms with Crippen LogP contribution in [0.25, 0.3) is 0 Å². The Kier molecular flexibility index (Phi) is 7.94. The van der Waals surface area contributed by atoms with E-state index in [2.05, 4.69) is 5.32 Å². The number of rotatable bonds is 9. The fourth-order valence-corrected chi connectivity index (χ4v) is 1.81. The molecule has 1 N–H and O–H groups in total. The van der Waals surface area contributed by atoms with Gasteiger partial charge in [-0.1, -0.05) is 6.92 Å². The molecule has 1 aromatic rings. The number of amides is 1. The Morgan fingerprint density at radius 3 is 2.35 bits per heavy atom. The monoisotopic (exact) mass is 323 g/mol. The average molecular weight is 323 g/mol. The van der Waals surface area contributed by atoms with Gasteiger partial charge in [-0.3, -0.25) is 4.79 Å². The van der Waals surface area contributed by atoms with E-state index in [9.17, 15) is 9.59 Å². The molecule has 0 fully saturated rings. The third-order valence-electron chi connectivity index (χ3n) is 3.13. The summed E-state index contributed by atoms with van der Waals surface area (Å²) in [6.45, 7) is 8.22. The van der Waals surface area contributed by atoms with Gasteiger partial charge in [-0.15, -0.1) is 0 Å². The molecule has 1 aromatic carbocycles. The van der Waals surface area contributed by atoms with E-state index >= 15 is 0 Å². The SMILES string of the molecule is CCOc1ccc(C(=O)OCC(=O)N[C@H](C)CC)cc1OCC. The molecule has 23 heavy (non-hydrogen) atoms. The second kappa shape index (κ2) is 9.71. The van der Waals surface area contributed by atoms with Gasteiger partial charge in [0, 0.05) is 6.04 Å². The van der Waals surface area contributed by atoms with Crippen LogP contribution in [0.15, 0.2) is 18.2 Å². The van der Waals surface area contributed by atoms with E-state index in [1.807, 2.05) is 27.7 Å².